The van der Waals surface area contributed by atoms with Gasteiger partial charge in [-0.15, -0.1) is 0 Å². The van der Waals surface area contributed by atoms with E-state index < -0.39 is 0 Å². The molecule has 1 amide bonds. The van der Waals surface area contributed by atoms with Crippen molar-refractivity contribution in [2.45, 2.75) is 37.8 Å². The molecule has 0 radical (unpaired) electrons. The van der Waals surface area contributed by atoms with E-state index in [2.05, 4.69) is 10.1 Å². The highest BCUT2D eigenvalue weighted by molar-refractivity contribution is 5.94. The Hall–Kier alpha value is -2.21. The van der Waals surface area contributed by atoms with Crippen LogP contribution in [0.4, 0.5) is 0 Å². The van der Waals surface area contributed by atoms with Crippen molar-refractivity contribution >= 4 is 5.91 Å². The van der Waals surface area contributed by atoms with Crippen molar-refractivity contribution in [3.8, 4) is 5.69 Å². The van der Waals surface area contributed by atoms with Crippen LogP contribution < -0.4 is 0 Å². The maximum absolute atomic E-state index is 12.9. The highest BCUT2D eigenvalue weighted by Crippen LogP contribution is 2.29. The van der Waals surface area contributed by atoms with E-state index in [1.54, 1.807) is 11.0 Å². The number of amides is 1. The van der Waals surface area contributed by atoms with Gasteiger partial charge in [0.25, 0.3) is 5.91 Å². The molecule has 23 heavy (non-hydrogen) atoms. The molecule has 2 aromatic rings. The minimum Gasteiger partial charge on any atom is -0.374 e. The summed E-state index contributed by atoms with van der Waals surface area (Å²) >= 11 is 0. The maximum Gasteiger partial charge on any atom is 0.254 e. The molecular formula is C17H20N4O2. The van der Waals surface area contributed by atoms with E-state index in [0.29, 0.717) is 13.2 Å². The van der Waals surface area contributed by atoms with Crippen LogP contribution in [0, 0.1) is 0 Å². The molecule has 1 aliphatic heterocycles. The third-order valence-electron chi connectivity index (χ3n) is 4.79. The quantitative estimate of drug-likeness (QED) is 0.851. The molecule has 1 aromatic heterocycles. The number of hydrogen-bond acceptors (Lipinski definition) is 4. The number of carbonyl (C=O) groups excluding carboxylic acids is 1. The highest BCUT2D eigenvalue weighted by Gasteiger charge is 2.36. The van der Waals surface area contributed by atoms with Crippen molar-refractivity contribution in [1.82, 2.24) is 19.7 Å². The smallest absolute Gasteiger partial charge is 0.254 e. The summed E-state index contributed by atoms with van der Waals surface area (Å²) in [5, 5.41) is 4.10. The van der Waals surface area contributed by atoms with Gasteiger partial charge >= 0.3 is 0 Å². The molecule has 2 aliphatic rings. The summed E-state index contributed by atoms with van der Waals surface area (Å²) in [5.41, 5.74) is 1.62. The molecular weight excluding hydrogens is 292 g/mol. The summed E-state index contributed by atoms with van der Waals surface area (Å²) in [4.78, 5) is 18.8. The van der Waals surface area contributed by atoms with Gasteiger partial charge < -0.3 is 9.64 Å². The van der Waals surface area contributed by atoms with Crippen molar-refractivity contribution in [2.75, 3.05) is 13.2 Å². The van der Waals surface area contributed by atoms with E-state index in [1.807, 2.05) is 29.2 Å². The minimum absolute atomic E-state index is 0.107. The van der Waals surface area contributed by atoms with E-state index in [1.165, 1.54) is 19.2 Å². The van der Waals surface area contributed by atoms with Gasteiger partial charge in [-0.2, -0.15) is 5.10 Å². The minimum atomic E-state index is 0.107. The van der Waals surface area contributed by atoms with Gasteiger partial charge in [0.2, 0.25) is 0 Å². The second-order valence-electron chi connectivity index (χ2n) is 6.15. The molecule has 4 rings (SSSR count). The fraction of sp³-hybridized carbons (Fsp3) is 0.471. The number of aromatic nitrogens is 3. The number of nitrogens with zero attached hydrogens (tertiary/aromatic N) is 4. The van der Waals surface area contributed by atoms with E-state index in [0.717, 1.165) is 24.1 Å². The molecule has 2 fully saturated rings. The molecule has 1 saturated heterocycles. The molecule has 0 bridgehead atoms. The fourth-order valence-electron chi connectivity index (χ4n) is 3.61. The monoisotopic (exact) mass is 312 g/mol. The summed E-state index contributed by atoms with van der Waals surface area (Å²) in [5.74, 6) is 0.107. The zero-order valence-electron chi connectivity index (χ0n) is 13.0. The second-order valence-corrected chi connectivity index (χ2v) is 6.15. The van der Waals surface area contributed by atoms with Gasteiger partial charge in [0.1, 0.15) is 12.7 Å². The average molecular weight is 312 g/mol. The Morgan fingerprint density at radius 2 is 2.00 bits per heavy atom. The van der Waals surface area contributed by atoms with Crippen LogP contribution in [0.15, 0.2) is 36.9 Å². The number of fused-ring (bicyclic) bond motifs is 1. The lowest BCUT2D eigenvalue weighted by molar-refractivity contribution is -0.0752. The summed E-state index contributed by atoms with van der Waals surface area (Å²) < 4.78 is 7.53. The Kier molecular flexibility index (Phi) is 3.83. The lowest BCUT2D eigenvalue weighted by atomic mass is 9.89. The Morgan fingerprint density at radius 3 is 2.78 bits per heavy atom. The molecule has 1 saturated carbocycles. The normalized spacial score (nSPS) is 24.3. The SMILES string of the molecule is O=C(c1ccc(-n2cncn2)cc1)N1CCOC2CCCCC21. The number of hydrogen-bond donors (Lipinski definition) is 0. The third kappa shape index (κ3) is 2.74. The lowest BCUT2D eigenvalue weighted by Gasteiger charge is -2.43. The van der Waals surface area contributed by atoms with Crippen LogP contribution in [0.1, 0.15) is 36.0 Å². The molecule has 0 spiro atoms. The summed E-state index contributed by atoms with van der Waals surface area (Å²) in [6.45, 7) is 1.33. The maximum atomic E-state index is 12.9. The van der Waals surface area contributed by atoms with Crippen molar-refractivity contribution in [3.05, 3.63) is 42.5 Å². The van der Waals surface area contributed by atoms with E-state index in [9.17, 15) is 4.79 Å². The van der Waals surface area contributed by atoms with Crippen molar-refractivity contribution in [1.29, 1.82) is 0 Å². The molecule has 2 atom stereocenters. The fourth-order valence-corrected chi connectivity index (χ4v) is 3.61. The van der Waals surface area contributed by atoms with Crippen LogP contribution in [0.5, 0.6) is 0 Å². The van der Waals surface area contributed by atoms with Crippen LogP contribution >= 0.6 is 0 Å². The first-order valence-electron chi connectivity index (χ1n) is 8.20. The van der Waals surface area contributed by atoms with Crippen molar-refractivity contribution in [2.24, 2.45) is 0 Å². The summed E-state index contributed by atoms with van der Waals surface area (Å²) in [7, 11) is 0. The summed E-state index contributed by atoms with van der Waals surface area (Å²) in [6, 6.07) is 7.78. The Labute approximate surface area is 135 Å². The summed E-state index contributed by atoms with van der Waals surface area (Å²) in [6.07, 6.45) is 7.86. The predicted octanol–water partition coefficient (Wildman–Crippen LogP) is 2.05. The Balaban J connectivity index is 1.54. The van der Waals surface area contributed by atoms with Crippen molar-refractivity contribution in [3.63, 3.8) is 0 Å². The molecule has 2 heterocycles. The zero-order valence-corrected chi connectivity index (χ0v) is 13.0. The topological polar surface area (TPSA) is 60.2 Å². The number of carbonyl (C=O) groups is 1. The van der Waals surface area contributed by atoms with Crippen LogP contribution in [0.2, 0.25) is 0 Å². The molecule has 0 N–H and O–H groups in total. The first-order valence-corrected chi connectivity index (χ1v) is 8.20. The van der Waals surface area contributed by atoms with Gasteiger partial charge in [-0.3, -0.25) is 4.79 Å². The van der Waals surface area contributed by atoms with Crippen molar-refractivity contribution < 1.29 is 9.53 Å². The van der Waals surface area contributed by atoms with Crippen LogP contribution in [0.25, 0.3) is 5.69 Å². The highest BCUT2D eigenvalue weighted by atomic mass is 16.5. The number of rotatable bonds is 2. The van der Waals surface area contributed by atoms with E-state index in [4.69, 9.17) is 4.74 Å². The predicted molar refractivity (Wildman–Crippen MR) is 84.4 cm³/mol. The average Bonchev–Trinajstić information content (AvgIpc) is 3.15. The first-order chi connectivity index (χ1) is 11.3. The number of morpholine rings is 1. The van der Waals surface area contributed by atoms with Gasteiger partial charge in [-0.1, -0.05) is 12.8 Å². The molecule has 1 aliphatic carbocycles. The zero-order chi connectivity index (χ0) is 15.6. The van der Waals surface area contributed by atoms with Gasteiger partial charge in [0.05, 0.1) is 24.4 Å². The Morgan fingerprint density at radius 1 is 1.17 bits per heavy atom. The van der Waals surface area contributed by atoms with Gasteiger partial charge in [0, 0.05) is 12.1 Å². The molecule has 6 nitrogen and oxygen atoms in total. The third-order valence-corrected chi connectivity index (χ3v) is 4.79. The van der Waals surface area contributed by atoms with Gasteiger partial charge in [-0.25, -0.2) is 9.67 Å². The van der Waals surface area contributed by atoms with E-state index in [-0.39, 0.29) is 18.1 Å². The second kappa shape index (κ2) is 6.12. The number of ether oxygens (including phenoxy) is 1. The molecule has 1 aromatic carbocycles. The van der Waals surface area contributed by atoms with Crippen LogP contribution in [-0.4, -0.2) is 50.9 Å². The number of benzene rings is 1. The first kappa shape index (κ1) is 14.4. The Bertz CT molecular complexity index is 666. The molecule has 6 heteroatoms. The van der Waals surface area contributed by atoms with E-state index >= 15 is 0 Å². The largest absolute Gasteiger partial charge is 0.374 e. The van der Waals surface area contributed by atoms with Gasteiger partial charge in [-0.05, 0) is 37.1 Å². The molecule has 2 unspecified atom stereocenters. The standard InChI is InChI=1S/C17H20N4O2/c22-17(20-9-10-23-16-4-2-1-3-15(16)20)13-5-7-14(8-6-13)21-12-18-11-19-21/h5-8,11-12,15-16H,1-4,9-10H2. The molecule has 120 valence electrons. The van der Waals surface area contributed by atoms with Crippen LogP contribution in [0.3, 0.4) is 0 Å². The lowest BCUT2D eigenvalue weighted by Crippen LogP contribution is -2.54. The van der Waals surface area contributed by atoms with Crippen LogP contribution in [-0.2, 0) is 4.74 Å². The van der Waals surface area contributed by atoms with Gasteiger partial charge in [0.15, 0.2) is 0 Å².